The van der Waals surface area contributed by atoms with Crippen LogP contribution in [0.3, 0.4) is 0 Å². The summed E-state index contributed by atoms with van der Waals surface area (Å²) in [4.78, 5) is 0. The predicted octanol–water partition coefficient (Wildman–Crippen LogP) is 4.37. The molecule has 0 saturated carbocycles. The molecule has 0 aliphatic carbocycles. The Hall–Kier alpha value is -1.51. The van der Waals surface area contributed by atoms with Crippen LogP contribution in [0.4, 0.5) is 0 Å². The van der Waals surface area contributed by atoms with Crippen molar-refractivity contribution >= 4 is 11.6 Å². The van der Waals surface area contributed by atoms with Crippen LogP contribution in [-0.4, -0.2) is 6.61 Å². The number of aryl methyl sites for hydroxylation is 1. The van der Waals surface area contributed by atoms with Crippen molar-refractivity contribution in [3.8, 4) is 5.75 Å². The van der Waals surface area contributed by atoms with Gasteiger partial charge in [-0.2, -0.15) is 0 Å². The van der Waals surface area contributed by atoms with E-state index in [4.69, 9.17) is 22.1 Å². The topological polar surface area (TPSA) is 35.2 Å². The summed E-state index contributed by atoms with van der Waals surface area (Å²) in [6.45, 7) is 2.62. The summed E-state index contributed by atoms with van der Waals surface area (Å²) in [5.74, 6) is 0.746. The van der Waals surface area contributed by atoms with E-state index < -0.39 is 0 Å². The van der Waals surface area contributed by atoms with Crippen molar-refractivity contribution < 1.29 is 4.74 Å². The molecule has 2 rings (SSSR count). The highest BCUT2D eigenvalue weighted by atomic mass is 35.5. The van der Waals surface area contributed by atoms with E-state index in [1.807, 2.05) is 18.2 Å². The van der Waals surface area contributed by atoms with Gasteiger partial charge in [-0.1, -0.05) is 55.3 Å². The standard InChI is InChI=1S/C17H20ClNO/c1-2-4-13-7-9-14(10-8-13)17(19)12-20-16-6-3-5-15(18)11-16/h3,5-11,17H,2,4,12,19H2,1H3. The van der Waals surface area contributed by atoms with E-state index >= 15 is 0 Å². The molecule has 0 aliphatic rings. The summed E-state index contributed by atoms with van der Waals surface area (Å²) in [6.07, 6.45) is 2.26. The third-order valence-corrected chi connectivity index (χ3v) is 3.41. The SMILES string of the molecule is CCCc1ccc(C(N)COc2cccc(Cl)c2)cc1. The van der Waals surface area contributed by atoms with Crippen LogP contribution in [0.2, 0.25) is 5.02 Å². The van der Waals surface area contributed by atoms with Crippen LogP contribution in [0.5, 0.6) is 5.75 Å². The normalized spacial score (nSPS) is 12.2. The molecule has 2 aromatic rings. The number of hydrogen-bond donors (Lipinski definition) is 1. The Labute approximate surface area is 125 Å². The van der Waals surface area contributed by atoms with Gasteiger partial charge in [0.25, 0.3) is 0 Å². The summed E-state index contributed by atoms with van der Waals surface area (Å²) in [6, 6.07) is 15.7. The molecule has 0 bridgehead atoms. The largest absolute Gasteiger partial charge is 0.492 e. The first-order valence-corrected chi connectivity index (χ1v) is 7.29. The third-order valence-electron chi connectivity index (χ3n) is 3.17. The van der Waals surface area contributed by atoms with Crippen LogP contribution in [0.15, 0.2) is 48.5 Å². The highest BCUT2D eigenvalue weighted by Crippen LogP contribution is 2.19. The molecule has 0 amide bonds. The van der Waals surface area contributed by atoms with Crippen molar-refractivity contribution in [1.82, 2.24) is 0 Å². The fourth-order valence-electron chi connectivity index (χ4n) is 2.06. The number of hydrogen-bond acceptors (Lipinski definition) is 2. The van der Waals surface area contributed by atoms with E-state index in [0.717, 1.165) is 24.2 Å². The number of rotatable bonds is 6. The van der Waals surface area contributed by atoms with Crippen LogP contribution in [0, 0.1) is 0 Å². The summed E-state index contributed by atoms with van der Waals surface area (Å²) in [5.41, 5.74) is 8.58. The molecule has 2 aromatic carbocycles. The predicted molar refractivity (Wildman–Crippen MR) is 84.3 cm³/mol. The van der Waals surface area contributed by atoms with Gasteiger partial charge in [0.15, 0.2) is 0 Å². The third kappa shape index (κ3) is 4.26. The molecule has 0 fully saturated rings. The summed E-state index contributed by atoms with van der Waals surface area (Å²) in [7, 11) is 0. The van der Waals surface area contributed by atoms with E-state index in [2.05, 4.69) is 31.2 Å². The summed E-state index contributed by atoms with van der Waals surface area (Å²) in [5, 5.41) is 0.667. The molecule has 0 aromatic heterocycles. The highest BCUT2D eigenvalue weighted by molar-refractivity contribution is 6.30. The molecular weight excluding hydrogens is 270 g/mol. The van der Waals surface area contributed by atoms with Crippen LogP contribution < -0.4 is 10.5 Å². The molecule has 2 nitrogen and oxygen atoms in total. The fraction of sp³-hybridized carbons (Fsp3) is 0.294. The lowest BCUT2D eigenvalue weighted by Crippen LogP contribution is -2.19. The Morgan fingerprint density at radius 3 is 2.55 bits per heavy atom. The zero-order chi connectivity index (χ0) is 14.4. The molecule has 106 valence electrons. The quantitative estimate of drug-likeness (QED) is 0.857. The van der Waals surface area contributed by atoms with Crippen molar-refractivity contribution in [3.63, 3.8) is 0 Å². The molecular formula is C17H20ClNO. The number of benzene rings is 2. The Kier molecular flexibility index (Phi) is 5.45. The second kappa shape index (κ2) is 7.32. The van der Waals surface area contributed by atoms with Gasteiger partial charge in [-0.3, -0.25) is 0 Å². The molecule has 2 N–H and O–H groups in total. The van der Waals surface area contributed by atoms with Gasteiger partial charge in [-0.25, -0.2) is 0 Å². The van der Waals surface area contributed by atoms with Gasteiger partial charge in [0.2, 0.25) is 0 Å². The maximum atomic E-state index is 6.15. The van der Waals surface area contributed by atoms with E-state index in [0.29, 0.717) is 11.6 Å². The van der Waals surface area contributed by atoms with Crippen LogP contribution in [-0.2, 0) is 6.42 Å². The Balaban J connectivity index is 1.92. The first-order valence-electron chi connectivity index (χ1n) is 6.92. The van der Waals surface area contributed by atoms with Gasteiger partial charge >= 0.3 is 0 Å². The molecule has 0 spiro atoms. The van der Waals surface area contributed by atoms with Gasteiger partial charge in [0.05, 0.1) is 6.04 Å². The first-order chi connectivity index (χ1) is 9.69. The minimum atomic E-state index is -0.135. The lowest BCUT2D eigenvalue weighted by atomic mass is 10.0. The van der Waals surface area contributed by atoms with Crippen molar-refractivity contribution in [2.45, 2.75) is 25.8 Å². The molecule has 0 saturated heterocycles. The average molecular weight is 290 g/mol. The average Bonchev–Trinajstić information content (AvgIpc) is 2.46. The summed E-state index contributed by atoms with van der Waals surface area (Å²) >= 11 is 5.91. The van der Waals surface area contributed by atoms with Gasteiger partial charge in [-0.15, -0.1) is 0 Å². The molecule has 1 unspecified atom stereocenters. The monoisotopic (exact) mass is 289 g/mol. The molecule has 3 heteroatoms. The fourth-order valence-corrected chi connectivity index (χ4v) is 2.24. The second-order valence-electron chi connectivity index (χ2n) is 4.87. The van der Waals surface area contributed by atoms with Gasteiger partial charge in [0.1, 0.15) is 12.4 Å². The van der Waals surface area contributed by atoms with Crippen LogP contribution in [0.1, 0.15) is 30.5 Å². The maximum absolute atomic E-state index is 6.15. The molecule has 1 atom stereocenters. The Morgan fingerprint density at radius 1 is 1.15 bits per heavy atom. The lowest BCUT2D eigenvalue weighted by Gasteiger charge is -2.14. The van der Waals surface area contributed by atoms with Gasteiger partial charge in [0, 0.05) is 5.02 Å². The number of ether oxygens (including phenoxy) is 1. The lowest BCUT2D eigenvalue weighted by molar-refractivity contribution is 0.290. The summed E-state index contributed by atoms with van der Waals surface area (Å²) < 4.78 is 5.67. The zero-order valence-corrected chi connectivity index (χ0v) is 12.4. The van der Waals surface area contributed by atoms with E-state index in [-0.39, 0.29) is 6.04 Å². The van der Waals surface area contributed by atoms with Crippen molar-refractivity contribution in [2.24, 2.45) is 5.73 Å². The van der Waals surface area contributed by atoms with Crippen LogP contribution in [0.25, 0.3) is 0 Å². The molecule has 0 radical (unpaired) electrons. The highest BCUT2D eigenvalue weighted by Gasteiger charge is 2.07. The Morgan fingerprint density at radius 2 is 1.90 bits per heavy atom. The molecule has 20 heavy (non-hydrogen) atoms. The minimum Gasteiger partial charge on any atom is -0.492 e. The second-order valence-corrected chi connectivity index (χ2v) is 5.30. The first kappa shape index (κ1) is 14.9. The van der Waals surface area contributed by atoms with E-state index in [1.165, 1.54) is 5.56 Å². The maximum Gasteiger partial charge on any atom is 0.120 e. The minimum absolute atomic E-state index is 0.135. The smallest absolute Gasteiger partial charge is 0.120 e. The van der Waals surface area contributed by atoms with Gasteiger partial charge in [-0.05, 0) is 35.7 Å². The Bertz CT molecular complexity index is 539. The van der Waals surface area contributed by atoms with Crippen molar-refractivity contribution in [2.75, 3.05) is 6.61 Å². The van der Waals surface area contributed by atoms with Crippen molar-refractivity contribution in [3.05, 3.63) is 64.7 Å². The molecule has 0 heterocycles. The van der Waals surface area contributed by atoms with E-state index in [1.54, 1.807) is 6.07 Å². The van der Waals surface area contributed by atoms with E-state index in [9.17, 15) is 0 Å². The molecule has 0 aliphatic heterocycles. The number of halogens is 1. The van der Waals surface area contributed by atoms with Gasteiger partial charge < -0.3 is 10.5 Å². The van der Waals surface area contributed by atoms with Crippen molar-refractivity contribution in [1.29, 1.82) is 0 Å². The van der Waals surface area contributed by atoms with Crippen LogP contribution >= 0.6 is 11.6 Å². The zero-order valence-electron chi connectivity index (χ0n) is 11.7. The number of nitrogens with two attached hydrogens (primary N) is 1.